The fraction of sp³-hybridized carbons (Fsp3) is 0.611. The molecule has 0 aromatic heterocycles. The lowest BCUT2D eigenvalue weighted by atomic mass is 10.1. The van der Waals surface area contributed by atoms with Gasteiger partial charge in [-0.25, -0.2) is 0 Å². The topological polar surface area (TPSA) is 60.4 Å². The Hall–Kier alpha value is -1.41. The molecule has 0 spiro atoms. The summed E-state index contributed by atoms with van der Waals surface area (Å²) in [6, 6.07) is 6.40. The number of alkyl halides is 3. The minimum Gasteiger partial charge on any atom is -0.300 e. The SMILES string of the molecule is Cc1ccc(S(=O)(=O)OCCCCCCCC(=O)CCC(F)(F)F)cc1. The van der Waals surface area contributed by atoms with Gasteiger partial charge in [-0.2, -0.15) is 21.6 Å². The van der Waals surface area contributed by atoms with Crippen LogP contribution in [0.5, 0.6) is 0 Å². The first-order valence-electron chi connectivity index (χ1n) is 8.65. The fourth-order valence-corrected chi connectivity index (χ4v) is 3.25. The Bertz CT molecular complexity index is 652. The Morgan fingerprint density at radius 3 is 2.15 bits per heavy atom. The number of hydrogen-bond donors (Lipinski definition) is 0. The van der Waals surface area contributed by atoms with E-state index in [-0.39, 0.29) is 23.7 Å². The maximum Gasteiger partial charge on any atom is 0.389 e. The molecule has 26 heavy (non-hydrogen) atoms. The van der Waals surface area contributed by atoms with Gasteiger partial charge in [0.15, 0.2) is 0 Å². The Morgan fingerprint density at radius 1 is 0.962 bits per heavy atom. The standard InChI is InChI=1S/C18H25F3O4S/c1-15-8-10-17(11-9-15)26(23,24)25-14-6-4-2-3-5-7-16(22)12-13-18(19,20)21/h8-11H,2-7,12-14H2,1H3. The number of Topliss-reactive ketones (excluding diaryl/α,β-unsaturated/α-hetero) is 1. The summed E-state index contributed by atoms with van der Waals surface area (Å²) in [5.41, 5.74) is 0.959. The second kappa shape index (κ2) is 10.7. The Kier molecular flexibility index (Phi) is 9.29. The highest BCUT2D eigenvalue weighted by Gasteiger charge is 2.27. The van der Waals surface area contributed by atoms with Crippen molar-refractivity contribution < 1.29 is 30.6 Å². The lowest BCUT2D eigenvalue weighted by Gasteiger charge is -2.06. The van der Waals surface area contributed by atoms with Gasteiger partial charge in [0.05, 0.1) is 17.9 Å². The van der Waals surface area contributed by atoms with Crippen LogP contribution in [0.4, 0.5) is 13.2 Å². The number of unbranched alkanes of at least 4 members (excludes halogenated alkanes) is 4. The van der Waals surface area contributed by atoms with E-state index in [9.17, 15) is 26.4 Å². The number of hydrogen-bond acceptors (Lipinski definition) is 4. The van der Waals surface area contributed by atoms with Crippen molar-refractivity contribution >= 4 is 15.9 Å². The van der Waals surface area contributed by atoms with E-state index in [1.165, 1.54) is 12.1 Å². The average molecular weight is 394 g/mol. The number of ketones is 1. The predicted molar refractivity (Wildman–Crippen MR) is 92.3 cm³/mol. The molecule has 0 bridgehead atoms. The average Bonchev–Trinajstić information content (AvgIpc) is 2.55. The van der Waals surface area contributed by atoms with Gasteiger partial charge in [0.25, 0.3) is 10.1 Å². The molecule has 0 aliphatic rings. The van der Waals surface area contributed by atoms with Gasteiger partial charge in [0.1, 0.15) is 5.78 Å². The molecule has 0 aliphatic heterocycles. The third-order valence-corrected chi connectivity index (χ3v) is 5.16. The van der Waals surface area contributed by atoms with Crippen molar-refractivity contribution in [3.8, 4) is 0 Å². The Labute approximate surface area is 152 Å². The molecule has 148 valence electrons. The van der Waals surface area contributed by atoms with Crippen molar-refractivity contribution in [2.45, 2.75) is 69.4 Å². The normalized spacial score (nSPS) is 12.3. The highest BCUT2D eigenvalue weighted by Crippen LogP contribution is 2.22. The van der Waals surface area contributed by atoms with Crippen LogP contribution in [0.2, 0.25) is 0 Å². The van der Waals surface area contributed by atoms with Crippen molar-refractivity contribution in [2.75, 3.05) is 6.61 Å². The number of carbonyl (C=O) groups is 1. The van der Waals surface area contributed by atoms with Gasteiger partial charge in [-0.3, -0.25) is 8.98 Å². The van der Waals surface area contributed by atoms with Gasteiger partial charge in [0, 0.05) is 12.8 Å². The van der Waals surface area contributed by atoms with E-state index in [0.29, 0.717) is 12.8 Å². The quantitative estimate of drug-likeness (QED) is 0.372. The van der Waals surface area contributed by atoms with E-state index >= 15 is 0 Å². The zero-order valence-corrected chi connectivity index (χ0v) is 15.7. The van der Waals surface area contributed by atoms with Gasteiger partial charge >= 0.3 is 6.18 Å². The van der Waals surface area contributed by atoms with Crippen LogP contribution in [0.15, 0.2) is 29.2 Å². The molecule has 0 amide bonds. The first kappa shape index (κ1) is 22.6. The summed E-state index contributed by atoms with van der Waals surface area (Å²) < 4.78 is 64.8. The van der Waals surface area contributed by atoms with Gasteiger partial charge < -0.3 is 0 Å². The van der Waals surface area contributed by atoms with Crippen LogP contribution in [-0.2, 0) is 19.1 Å². The van der Waals surface area contributed by atoms with Crippen LogP contribution in [0.1, 0.15) is 56.9 Å². The molecule has 0 radical (unpaired) electrons. The van der Waals surface area contributed by atoms with Crippen molar-refractivity contribution in [3.05, 3.63) is 29.8 Å². The number of benzene rings is 1. The van der Waals surface area contributed by atoms with E-state index in [4.69, 9.17) is 4.18 Å². The molecule has 0 saturated heterocycles. The summed E-state index contributed by atoms with van der Waals surface area (Å²) in [6.45, 7) is 1.95. The van der Waals surface area contributed by atoms with Crippen LogP contribution in [0.3, 0.4) is 0 Å². The number of halogens is 3. The van der Waals surface area contributed by atoms with Gasteiger partial charge in [-0.05, 0) is 31.9 Å². The molecular weight excluding hydrogens is 369 g/mol. The largest absolute Gasteiger partial charge is 0.389 e. The molecule has 0 aliphatic carbocycles. The molecule has 0 N–H and O–H groups in total. The molecule has 1 aromatic carbocycles. The van der Waals surface area contributed by atoms with Crippen molar-refractivity contribution in [2.24, 2.45) is 0 Å². The van der Waals surface area contributed by atoms with Crippen molar-refractivity contribution in [3.63, 3.8) is 0 Å². The fourth-order valence-electron chi connectivity index (χ4n) is 2.30. The van der Waals surface area contributed by atoms with E-state index in [0.717, 1.165) is 24.8 Å². The lowest BCUT2D eigenvalue weighted by Crippen LogP contribution is -2.10. The number of rotatable bonds is 12. The minimum atomic E-state index is -4.28. The molecule has 4 nitrogen and oxygen atoms in total. The molecule has 0 fully saturated rings. The molecule has 0 atom stereocenters. The van der Waals surface area contributed by atoms with Crippen molar-refractivity contribution in [1.29, 1.82) is 0 Å². The second-order valence-electron chi connectivity index (χ2n) is 6.26. The molecule has 1 rings (SSSR count). The van der Waals surface area contributed by atoms with Crippen LogP contribution in [0.25, 0.3) is 0 Å². The van der Waals surface area contributed by atoms with Crippen LogP contribution in [-0.4, -0.2) is 27.0 Å². The van der Waals surface area contributed by atoms with E-state index in [1.807, 2.05) is 6.92 Å². The molecule has 0 saturated carbocycles. The summed E-state index contributed by atoms with van der Waals surface area (Å²) in [7, 11) is -3.74. The van der Waals surface area contributed by atoms with Gasteiger partial charge in [0.2, 0.25) is 0 Å². The maximum absolute atomic E-state index is 12.0. The van der Waals surface area contributed by atoms with E-state index in [2.05, 4.69) is 0 Å². The number of carbonyl (C=O) groups excluding carboxylic acids is 1. The molecule has 0 heterocycles. The monoisotopic (exact) mass is 394 g/mol. The number of aryl methyl sites for hydroxylation is 1. The second-order valence-corrected chi connectivity index (χ2v) is 7.88. The minimum absolute atomic E-state index is 0.0841. The zero-order chi connectivity index (χ0) is 19.6. The van der Waals surface area contributed by atoms with Crippen molar-refractivity contribution in [1.82, 2.24) is 0 Å². The van der Waals surface area contributed by atoms with E-state index in [1.54, 1.807) is 12.1 Å². The lowest BCUT2D eigenvalue weighted by molar-refractivity contribution is -0.143. The summed E-state index contributed by atoms with van der Waals surface area (Å²) in [6.07, 6.45) is -2.27. The summed E-state index contributed by atoms with van der Waals surface area (Å²) >= 11 is 0. The smallest absolute Gasteiger partial charge is 0.300 e. The van der Waals surface area contributed by atoms with Gasteiger partial charge in [-0.1, -0.05) is 37.0 Å². The molecule has 0 unspecified atom stereocenters. The molecular formula is C18H25F3O4S. The predicted octanol–water partition coefficient (Wildman–Crippen LogP) is 4.95. The highest BCUT2D eigenvalue weighted by molar-refractivity contribution is 7.86. The third-order valence-electron chi connectivity index (χ3n) is 3.84. The molecule has 8 heteroatoms. The Balaban J connectivity index is 2.09. The van der Waals surface area contributed by atoms with Crippen LogP contribution in [0, 0.1) is 6.92 Å². The van der Waals surface area contributed by atoms with Crippen LogP contribution >= 0.6 is 0 Å². The summed E-state index contributed by atoms with van der Waals surface area (Å²) in [4.78, 5) is 11.4. The summed E-state index contributed by atoms with van der Waals surface area (Å²) in [5.74, 6) is -0.366. The first-order chi connectivity index (χ1) is 12.1. The van der Waals surface area contributed by atoms with Gasteiger partial charge in [-0.15, -0.1) is 0 Å². The molecule has 1 aromatic rings. The van der Waals surface area contributed by atoms with Crippen LogP contribution < -0.4 is 0 Å². The highest BCUT2D eigenvalue weighted by atomic mass is 32.2. The zero-order valence-electron chi connectivity index (χ0n) is 14.8. The maximum atomic E-state index is 12.0. The third kappa shape index (κ3) is 9.91. The summed E-state index contributed by atoms with van der Waals surface area (Å²) in [5, 5.41) is 0. The van der Waals surface area contributed by atoms with E-state index < -0.39 is 29.1 Å². The Morgan fingerprint density at radius 2 is 1.54 bits per heavy atom. The first-order valence-corrected chi connectivity index (χ1v) is 10.1.